The van der Waals surface area contributed by atoms with Crippen molar-refractivity contribution in [2.24, 2.45) is 0 Å². The fourth-order valence-electron chi connectivity index (χ4n) is 1.20. The van der Waals surface area contributed by atoms with Crippen LogP contribution in [0, 0.1) is 17.4 Å². The van der Waals surface area contributed by atoms with E-state index in [-0.39, 0.29) is 0 Å². The fourth-order valence-corrected chi connectivity index (χ4v) is 3.13. The number of thiophene rings is 1. The molecule has 2 nitrogen and oxygen atoms in total. The zero-order valence-corrected chi connectivity index (χ0v) is 13.8. The summed E-state index contributed by atoms with van der Waals surface area (Å²) < 4.78 is 2.00. The van der Waals surface area contributed by atoms with Crippen LogP contribution >= 0.6 is 61.5 Å². The van der Waals surface area contributed by atoms with Gasteiger partial charge in [0, 0.05) is 9.35 Å². The maximum absolute atomic E-state index is 6.05. The van der Waals surface area contributed by atoms with Crippen molar-refractivity contribution in [3.8, 4) is 10.7 Å². The van der Waals surface area contributed by atoms with Gasteiger partial charge in [-0.15, -0.1) is 11.3 Å². The van der Waals surface area contributed by atoms with Crippen molar-refractivity contribution < 1.29 is 0 Å². The van der Waals surface area contributed by atoms with Gasteiger partial charge in [-0.25, -0.2) is 9.97 Å². The van der Waals surface area contributed by atoms with Gasteiger partial charge in [-0.05, 0) is 58.4 Å². The first kappa shape index (κ1) is 12.7. The summed E-state index contributed by atoms with van der Waals surface area (Å²) >= 11 is 13.3. The Morgan fingerprint density at radius 1 is 1.38 bits per heavy atom. The highest BCUT2D eigenvalue weighted by Gasteiger charge is 2.12. The molecule has 0 amide bonds. The summed E-state index contributed by atoms with van der Waals surface area (Å²) in [6.45, 7) is 3.99. The van der Waals surface area contributed by atoms with E-state index in [2.05, 4.69) is 55.4 Å². The number of aromatic nitrogens is 2. The molecule has 0 aliphatic carbocycles. The van der Waals surface area contributed by atoms with Crippen LogP contribution in [0.15, 0.2) is 10.5 Å². The molecule has 2 heterocycles. The van der Waals surface area contributed by atoms with Crippen LogP contribution in [0.25, 0.3) is 10.7 Å². The van der Waals surface area contributed by atoms with Crippen LogP contribution in [0.5, 0.6) is 0 Å². The van der Waals surface area contributed by atoms with Gasteiger partial charge in [0.2, 0.25) is 0 Å². The highest BCUT2D eigenvalue weighted by atomic mass is 127. The smallest absolute Gasteiger partial charge is 0.171 e. The molecule has 0 bridgehead atoms. The monoisotopic (exact) mass is 428 g/mol. The third-order valence-corrected chi connectivity index (χ3v) is 6.07. The topological polar surface area (TPSA) is 25.8 Å². The molecular weight excluding hydrogens is 422 g/mol. The number of hydrogen-bond donors (Lipinski definition) is 0. The van der Waals surface area contributed by atoms with Gasteiger partial charge in [0.1, 0.15) is 5.15 Å². The summed E-state index contributed by atoms with van der Waals surface area (Å²) in [5.41, 5.74) is 0.915. The van der Waals surface area contributed by atoms with Crippen LogP contribution in [0.2, 0.25) is 5.15 Å². The number of nitrogens with zero attached hydrogens (tertiary/aromatic N) is 2. The Hall–Kier alpha value is 0.280. The van der Waals surface area contributed by atoms with Crippen molar-refractivity contribution in [2.45, 2.75) is 13.8 Å². The normalized spacial score (nSPS) is 10.8. The highest BCUT2D eigenvalue weighted by molar-refractivity contribution is 14.1. The Bertz CT molecular complexity index is 513. The molecule has 0 N–H and O–H groups in total. The molecule has 0 unspecified atom stereocenters. The van der Waals surface area contributed by atoms with Crippen molar-refractivity contribution in [2.75, 3.05) is 0 Å². The SMILES string of the molecule is Cc1nc(-c2cc(Br)c(C)s2)nc(Cl)c1I. The summed E-state index contributed by atoms with van der Waals surface area (Å²) in [7, 11) is 0. The molecule has 2 rings (SSSR count). The van der Waals surface area contributed by atoms with E-state index in [9.17, 15) is 0 Å². The molecule has 16 heavy (non-hydrogen) atoms. The molecule has 0 saturated carbocycles. The van der Waals surface area contributed by atoms with Gasteiger partial charge in [-0.2, -0.15) is 0 Å². The number of halogens is 3. The number of rotatable bonds is 1. The van der Waals surface area contributed by atoms with Gasteiger partial charge in [0.05, 0.1) is 14.1 Å². The van der Waals surface area contributed by atoms with Gasteiger partial charge in [0.15, 0.2) is 5.82 Å². The van der Waals surface area contributed by atoms with Gasteiger partial charge in [-0.3, -0.25) is 0 Å². The molecule has 0 atom stereocenters. The number of aryl methyl sites for hydroxylation is 2. The zero-order chi connectivity index (χ0) is 11.9. The quantitative estimate of drug-likeness (QED) is 0.479. The van der Waals surface area contributed by atoms with Crippen molar-refractivity contribution in [1.82, 2.24) is 9.97 Å². The molecule has 0 saturated heterocycles. The second kappa shape index (κ2) is 4.88. The van der Waals surface area contributed by atoms with Crippen LogP contribution in [-0.2, 0) is 0 Å². The molecule has 0 radical (unpaired) electrons. The van der Waals surface area contributed by atoms with Crippen LogP contribution in [-0.4, -0.2) is 9.97 Å². The van der Waals surface area contributed by atoms with E-state index in [0.717, 1.165) is 18.6 Å². The van der Waals surface area contributed by atoms with E-state index in [1.807, 2.05) is 13.0 Å². The minimum atomic E-state index is 0.519. The summed E-state index contributed by atoms with van der Waals surface area (Å²) in [5, 5.41) is 0.519. The molecule has 0 aliphatic rings. The molecule has 2 aromatic rings. The summed E-state index contributed by atoms with van der Waals surface area (Å²) in [6, 6.07) is 2.03. The lowest BCUT2D eigenvalue weighted by atomic mass is 10.4. The summed E-state index contributed by atoms with van der Waals surface area (Å²) in [5.74, 6) is 0.696. The van der Waals surface area contributed by atoms with Crippen molar-refractivity contribution in [1.29, 1.82) is 0 Å². The second-order valence-corrected chi connectivity index (χ2v) is 6.80. The van der Waals surface area contributed by atoms with Gasteiger partial charge in [-0.1, -0.05) is 11.6 Å². The molecule has 0 aliphatic heterocycles. The fraction of sp³-hybridized carbons (Fsp3) is 0.200. The second-order valence-electron chi connectivity index (χ2n) is 3.25. The summed E-state index contributed by atoms with van der Waals surface area (Å²) in [6.07, 6.45) is 0. The molecule has 2 aromatic heterocycles. The van der Waals surface area contributed by atoms with Gasteiger partial charge in [0.25, 0.3) is 0 Å². The summed E-state index contributed by atoms with van der Waals surface area (Å²) in [4.78, 5) is 11.0. The van der Waals surface area contributed by atoms with E-state index < -0.39 is 0 Å². The standard InChI is InChI=1S/C10H7BrClIN2S/c1-4-8(13)9(12)15-10(14-4)7-3-6(11)5(2)16-7/h3H,1-2H3. The lowest BCUT2D eigenvalue weighted by molar-refractivity contribution is 1.10. The molecule has 6 heteroatoms. The largest absolute Gasteiger partial charge is 0.231 e. The number of hydrogen-bond acceptors (Lipinski definition) is 3. The van der Waals surface area contributed by atoms with Crippen LogP contribution < -0.4 is 0 Å². The van der Waals surface area contributed by atoms with Crippen LogP contribution in [0.1, 0.15) is 10.6 Å². The van der Waals surface area contributed by atoms with Gasteiger partial charge >= 0.3 is 0 Å². The van der Waals surface area contributed by atoms with E-state index in [1.54, 1.807) is 11.3 Å². The van der Waals surface area contributed by atoms with Crippen molar-refractivity contribution in [3.63, 3.8) is 0 Å². The maximum atomic E-state index is 6.05. The highest BCUT2D eigenvalue weighted by Crippen LogP contribution is 2.33. The van der Waals surface area contributed by atoms with E-state index in [0.29, 0.717) is 11.0 Å². The first-order chi connectivity index (χ1) is 7.49. The molecule has 0 spiro atoms. The lowest BCUT2D eigenvalue weighted by Gasteiger charge is -2.02. The molecule has 0 fully saturated rings. The maximum Gasteiger partial charge on any atom is 0.171 e. The third-order valence-electron chi connectivity index (χ3n) is 2.05. The first-order valence-corrected chi connectivity index (χ1v) is 7.51. The van der Waals surface area contributed by atoms with Crippen LogP contribution in [0.4, 0.5) is 0 Å². The van der Waals surface area contributed by atoms with E-state index in [1.165, 1.54) is 4.88 Å². The Morgan fingerprint density at radius 2 is 2.06 bits per heavy atom. The Balaban J connectivity index is 2.56. The molecule has 0 aromatic carbocycles. The van der Waals surface area contributed by atoms with Crippen molar-refractivity contribution >= 4 is 61.5 Å². The van der Waals surface area contributed by atoms with Crippen LogP contribution in [0.3, 0.4) is 0 Å². The Morgan fingerprint density at radius 3 is 2.56 bits per heavy atom. The predicted octanol–water partition coefficient (Wildman–Crippen LogP) is 4.84. The van der Waals surface area contributed by atoms with Crippen molar-refractivity contribution in [3.05, 3.63) is 29.8 Å². The van der Waals surface area contributed by atoms with E-state index in [4.69, 9.17) is 11.6 Å². The van der Waals surface area contributed by atoms with Gasteiger partial charge < -0.3 is 0 Å². The zero-order valence-electron chi connectivity index (χ0n) is 8.51. The van der Waals surface area contributed by atoms with E-state index >= 15 is 0 Å². The Kier molecular flexibility index (Phi) is 3.88. The minimum Gasteiger partial charge on any atom is -0.231 e. The molecule has 84 valence electrons. The Labute approximate surface area is 125 Å². The molecular formula is C10H7BrClIN2S. The predicted molar refractivity (Wildman–Crippen MR) is 80.2 cm³/mol. The average Bonchev–Trinajstić information content (AvgIpc) is 2.55. The average molecular weight is 430 g/mol. The first-order valence-electron chi connectivity index (χ1n) is 4.45. The lowest BCUT2D eigenvalue weighted by Crippen LogP contribution is -1.95. The minimum absolute atomic E-state index is 0.519. The third kappa shape index (κ3) is 2.42.